The summed E-state index contributed by atoms with van der Waals surface area (Å²) in [5.41, 5.74) is 9.44. The van der Waals surface area contributed by atoms with Crippen molar-refractivity contribution in [2.45, 2.75) is 0 Å². The minimum atomic E-state index is 0.705. The molecule has 0 saturated heterocycles. The van der Waals surface area contributed by atoms with Crippen LogP contribution in [0.15, 0.2) is 140 Å². The Hall–Kier alpha value is -4.53. The average Bonchev–Trinajstić information content (AvgIpc) is 2.98. The van der Waals surface area contributed by atoms with Crippen molar-refractivity contribution in [2.75, 3.05) is 0 Å². The van der Waals surface area contributed by atoms with Crippen molar-refractivity contribution in [3.63, 3.8) is 0 Å². The summed E-state index contributed by atoms with van der Waals surface area (Å²) in [4.78, 5) is 9.97. The van der Waals surface area contributed by atoms with Gasteiger partial charge in [0.2, 0.25) is 0 Å². The minimum Gasteiger partial charge on any atom is -0.228 e. The number of benzene rings is 5. The molecule has 0 amide bonds. The van der Waals surface area contributed by atoms with Crippen molar-refractivity contribution in [1.29, 1.82) is 0 Å². The summed E-state index contributed by atoms with van der Waals surface area (Å²) in [6.45, 7) is 0. The zero-order valence-electron chi connectivity index (χ0n) is 20.1. The molecule has 0 atom stereocenters. The van der Waals surface area contributed by atoms with Crippen LogP contribution in [0, 0.1) is 0 Å². The highest BCUT2D eigenvalue weighted by Crippen LogP contribution is 2.31. The molecule has 176 valence electrons. The molecule has 0 unspecified atom stereocenters. The first-order valence-electron chi connectivity index (χ1n) is 12.2. The van der Waals surface area contributed by atoms with Crippen LogP contribution >= 0.6 is 11.6 Å². The summed E-state index contributed by atoms with van der Waals surface area (Å²) >= 11 is 6.09. The molecule has 0 aliphatic carbocycles. The molecule has 2 nitrogen and oxygen atoms in total. The van der Waals surface area contributed by atoms with E-state index in [2.05, 4.69) is 78.9 Å². The molecular formula is C34H23ClN2. The maximum absolute atomic E-state index is 6.09. The van der Waals surface area contributed by atoms with Gasteiger partial charge in [-0.05, 0) is 52.6 Å². The standard InChI is InChI=1S/C34H23ClN2/c35-31-19-17-24(18-20-31)27-13-7-14-28(21-27)29-15-8-16-30(22-29)34-36-32(25-9-3-1-4-10-25)23-33(37-34)26-11-5-2-6-12-26/h1-23H. The fourth-order valence-electron chi connectivity index (χ4n) is 4.45. The van der Waals surface area contributed by atoms with E-state index in [0.717, 1.165) is 55.4 Å². The Balaban J connectivity index is 1.44. The molecule has 0 aliphatic rings. The van der Waals surface area contributed by atoms with E-state index in [-0.39, 0.29) is 0 Å². The lowest BCUT2D eigenvalue weighted by atomic mass is 9.98. The van der Waals surface area contributed by atoms with Gasteiger partial charge in [0, 0.05) is 21.7 Å². The van der Waals surface area contributed by atoms with Gasteiger partial charge in [-0.2, -0.15) is 0 Å². The molecule has 6 rings (SSSR count). The van der Waals surface area contributed by atoms with Crippen LogP contribution < -0.4 is 0 Å². The number of rotatable bonds is 5. The van der Waals surface area contributed by atoms with Gasteiger partial charge in [0.15, 0.2) is 5.82 Å². The minimum absolute atomic E-state index is 0.705. The average molecular weight is 495 g/mol. The van der Waals surface area contributed by atoms with Gasteiger partial charge in [0.25, 0.3) is 0 Å². The van der Waals surface area contributed by atoms with Crippen LogP contribution in [-0.4, -0.2) is 9.97 Å². The zero-order chi connectivity index (χ0) is 25.0. The molecule has 1 aromatic heterocycles. The van der Waals surface area contributed by atoms with Gasteiger partial charge in [-0.3, -0.25) is 0 Å². The lowest BCUT2D eigenvalue weighted by molar-refractivity contribution is 1.18. The summed E-state index contributed by atoms with van der Waals surface area (Å²) in [7, 11) is 0. The predicted molar refractivity (Wildman–Crippen MR) is 154 cm³/mol. The first-order valence-corrected chi connectivity index (χ1v) is 12.6. The van der Waals surface area contributed by atoms with Crippen LogP contribution in [0.3, 0.4) is 0 Å². The SMILES string of the molecule is Clc1ccc(-c2cccc(-c3cccc(-c4nc(-c5ccccc5)cc(-c5ccccc5)n4)c3)c2)cc1. The third-order valence-corrected chi connectivity index (χ3v) is 6.61. The molecule has 1 heterocycles. The second kappa shape index (κ2) is 10.2. The third kappa shape index (κ3) is 5.06. The Labute approximate surface area is 221 Å². The third-order valence-electron chi connectivity index (χ3n) is 6.36. The molecule has 0 radical (unpaired) electrons. The van der Waals surface area contributed by atoms with E-state index in [0.29, 0.717) is 5.82 Å². The Morgan fingerprint density at radius 1 is 0.351 bits per heavy atom. The van der Waals surface area contributed by atoms with Gasteiger partial charge in [-0.25, -0.2) is 9.97 Å². The molecule has 0 aliphatic heterocycles. The Kier molecular flexibility index (Phi) is 6.33. The fourth-order valence-corrected chi connectivity index (χ4v) is 4.57. The van der Waals surface area contributed by atoms with Crippen LogP contribution in [0.5, 0.6) is 0 Å². The molecule has 0 saturated carbocycles. The maximum atomic E-state index is 6.09. The number of nitrogens with zero attached hydrogens (tertiary/aromatic N) is 2. The molecule has 0 N–H and O–H groups in total. The Bertz CT molecular complexity index is 1600. The van der Waals surface area contributed by atoms with E-state index in [1.165, 1.54) is 0 Å². The fraction of sp³-hybridized carbons (Fsp3) is 0. The molecule has 0 fully saturated rings. The van der Waals surface area contributed by atoms with Crippen molar-refractivity contribution < 1.29 is 0 Å². The number of hydrogen-bond donors (Lipinski definition) is 0. The molecular weight excluding hydrogens is 472 g/mol. The number of hydrogen-bond acceptors (Lipinski definition) is 2. The summed E-state index contributed by atoms with van der Waals surface area (Å²) in [6, 6.07) is 47.5. The summed E-state index contributed by atoms with van der Waals surface area (Å²) < 4.78 is 0. The first kappa shape index (κ1) is 22.9. The van der Waals surface area contributed by atoms with Gasteiger partial charge in [0.1, 0.15) is 0 Å². The van der Waals surface area contributed by atoms with Gasteiger partial charge in [-0.1, -0.05) is 121 Å². The largest absolute Gasteiger partial charge is 0.228 e. The zero-order valence-corrected chi connectivity index (χ0v) is 20.8. The van der Waals surface area contributed by atoms with E-state index in [1.54, 1.807) is 0 Å². The number of aromatic nitrogens is 2. The Morgan fingerprint density at radius 2 is 0.784 bits per heavy atom. The van der Waals surface area contributed by atoms with E-state index in [1.807, 2.05) is 60.7 Å². The van der Waals surface area contributed by atoms with Gasteiger partial charge in [-0.15, -0.1) is 0 Å². The highest BCUT2D eigenvalue weighted by molar-refractivity contribution is 6.30. The van der Waals surface area contributed by atoms with Crippen LogP contribution in [-0.2, 0) is 0 Å². The molecule has 6 aromatic rings. The predicted octanol–water partition coefficient (Wildman–Crippen LogP) is 9.46. The van der Waals surface area contributed by atoms with Crippen molar-refractivity contribution in [2.24, 2.45) is 0 Å². The molecule has 0 spiro atoms. The quantitative estimate of drug-likeness (QED) is 0.238. The lowest BCUT2D eigenvalue weighted by Gasteiger charge is -2.11. The van der Waals surface area contributed by atoms with Crippen molar-refractivity contribution >= 4 is 11.6 Å². The molecule has 3 heteroatoms. The van der Waals surface area contributed by atoms with Crippen molar-refractivity contribution in [3.05, 3.63) is 145 Å². The molecule has 5 aromatic carbocycles. The monoisotopic (exact) mass is 494 g/mol. The van der Waals surface area contributed by atoms with Gasteiger partial charge >= 0.3 is 0 Å². The number of halogens is 1. The smallest absolute Gasteiger partial charge is 0.160 e. The normalized spacial score (nSPS) is 10.8. The van der Waals surface area contributed by atoms with Gasteiger partial charge in [0.05, 0.1) is 11.4 Å². The lowest BCUT2D eigenvalue weighted by Crippen LogP contribution is -1.96. The second-order valence-electron chi connectivity index (χ2n) is 8.86. The van der Waals surface area contributed by atoms with E-state index in [4.69, 9.17) is 21.6 Å². The van der Waals surface area contributed by atoms with Crippen LogP contribution in [0.4, 0.5) is 0 Å². The summed E-state index contributed by atoms with van der Waals surface area (Å²) in [5, 5.41) is 0.736. The van der Waals surface area contributed by atoms with Crippen molar-refractivity contribution in [1.82, 2.24) is 9.97 Å². The highest BCUT2D eigenvalue weighted by Gasteiger charge is 2.11. The molecule has 37 heavy (non-hydrogen) atoms. The first-order chi connectivity index (χ1) is 18.2. The van der Waals surface area contributed by atoms with Crippen LogP contribution in [0.1, 0.15) is 0 Å². The Morgan fingerprint density at radius 3 is 1.32 bits per heavy atom. The van der Waals surface area contributed by atoms with E-state index >= 15 is 0 Å². The summed E-state index contributed by atoms with van der Waals surface area (Å²) in [5.74, 6) is 0.705. The highest BCUT2D eigenvalue weighted by atomic mass is 35.5. The van der Waals surface area contributed by atoms with E-state index < -0.39 is 0 Å². The maximum Gasteiger partial charge on any atom is 0.160 e. The van der Waals surface area contributed by atoms with Crippen LogP contribution in [0.25, 0.3) is 56.2 Å². The van der Waals surface area contributed by atoms with Gasteiger partial charge < -0.3 is 0 Å². The summed E-state index contributed by atoms with van der Waals surface area (Å²) in [6.07, 6.45) is 0. The second-order valence-corrected chi connectivity index (χ2v) is 9.30. The van der Waals surface area contributed by atoms with E-state index in [9.17, 15) is 0 Å². The van der Waals surface area contributed by atoms with Crippen molar-refractivity contribution in [3.8, 4) is 56.2 Å². The topological polar surface area (TPSA) is 25.8 Å². The molecule has 0 bridgehead atoms. The van der Waals surface area contributed by atoms with Crippen LogP contribution in [0.2, 0.25) is 5.02 Å².